The molecule has 2 saturated heterocycles. The van der Waals surface area contributed by atoms with E-state index in [0.29, 0.717) is 35.8 Å². The molecule has 0 radical (unpaired) electrons. The van der Waals surface area contributed by atoms with Gasteiger partial charge < -0.3 is 15.2 Å². The molecule has 0 spiro atoms. The van der Waals surface area contributed by atoms with Crippen molar-refractivity contribution in [3.05, 3.63) is 40.2 Å². The number of nitrogens with zero attached hydrogens (tertiary/aromatic N) is 2. The van der Waals surface area contributed by atoms with E-state index in [-0.39, 0.29) is 28.0 Å². The number of amides is 1. The number of sulfonamides is 1. The maximum Gasteiger partial charge on any atom is 0.252 e. The fourth-order valence-corrected chi connectivity index (χ4v) is 7.45. The lowest BCUT2D eigenvalue weighted by Gasteiger charge is -2.34. The van der Waals surface area contributed by atoms with Crippen molar-refractivity contribution in [2.45, 2.75) is 63.8 Å². The molecule has 2 aliphatic heterocycles. The number of piperidine rings is 2. The lowest BCUT2D eigenvalue weighted by atomic mass is 9.92. The molecule has 1 aromatic carbocycles. The largest absolute Gasteiger partial charge is 0.352 e. The molecule has 0 unspecified atom stereocenters. The van der Waals surface area contributed by atoms with Crippen LogP contribution in [0.1, 0.15) is 63.2 Å². The zero-order valence-electron chi connectivity index (χ0n) is 21.0. The van der Waals surface area contributed by atoms with E-state index in [4.69, 9.17) is 0 Å². The van der Waals surface area contributed by atoms with Crippen molar-refractivity contribution in [1.82, 2.24) is 19.5 Å². The molecule has 4 rings (SSSR count). The van der Waals surface area contributed by atoms with E-state index < -0.39 is 10.0 Å². The first kappa shape index (κ1) is 25.9. The second kappa shape index (κ2) is 10.8. The van der Waals surface area contributed by atoms with Gasteiger partial charge in [0.05, 0.1) is 10.5 Å². The molecule has 1 amide bonds. The second-order valence-electron chi connectivity index (χ2n) is 10.5. The van der Waals surface area contributed by atoms with Crippen LogP contribution >= 0.6 is 0 Å². The van der Waals surface area contributed by atoms with Crippen LogP contribution in [0, 0.1) is 11.8 Å². The van der Waals surface area contributed by atoms with Crippen LogP contribution in [0.5, 0.6) is 0 Å². The van der Waals surface area contributed by atoms with Crippen molar-refractivity contribution < 1.29 is 13.2 Å². The monoisotopic (exact) mass is 502 g/mol. The van der Waals surface area contributed by atoms with Crippen LogP contribution in [0.25, 0.3) is 10.9 Å². The molecule has 2 aromatic rings. The maximum absolute atomic E-state index is 13.3. The molecule has 2 N–H and O–H groups in total. The summed E-state index contributed by atoms with van der Waals surface area (Å²) < 4.78 is 28.2. The Bertz CT molecular complexity index is 1220. The number of nitrogens with one attached hydrogen (secondary N) is 2. The molecule has 2 aliphatic rings. The Hall–Kier alpha value is -2.23. The quantitative estimate of drug-likeness (QED) is 0.566. The van der Waals surface area contributed by atoms with Gasteiger partial charge in [0.2, 0.25) is 15.6 Å². The fraction of sp³-hybridized carbons (Fsp3) is 0.615. The zero-order chi connectivity index (χ0) is 25.2. The molecule has 0 aliphatic carbocycles. The van der Waals surface area contributed by atoms with E-state index >= 15 is 0 Å². The molecular weight excluding hydrogens is 464 g/mol. The molecule has 8 nitrogen and oxygen atoms in total. The van der Waals surface area contributed by atoms with E-state index in [1.54, 1.807) is 10.4 Å². The first-order valence-corrected chi connectivity index (χ1v) is 14.3. The summed E-state index contributed by atoms with van der Waals surface area (Å²) in [6.07, 6.45) is 4.78. The minimum Gasteiger partial charge on any atom is -0.352 e. The molecular formula is C26H38N4O4S. The number of pyridine rings is 1. The Balaban J connectivity index is 1.50. The minimum atomic E-state index is -3.69. The molecule has 0 saturated carbocycles. The van der Waals surface area contributed by atoms with Crippen LogP contribution in [-0.4, -0.2) is 67.3 Å². The first-order valence-electron chi connectivity index (χ1n) is 12.8. The molecule has 9 heteroatoms. The number of H-pyrrole nitrogens is 1. The summed E-state index contributed by atoms with van der Waals surface area (Å²) in [5, 5.41) is 3.37. The number of likely N-dealkylation sites (tertiary alicyclic amines) is 1. The van der Waals surface area contributed by atoms with Gasteiger partial charge in [0, 0.05) is 49.2 Å². The summed E-state index contributed by atoms with van der Waals surface area (Å²) in [6.45, 7) is 10.6. The number of carbonyl (C=O) groups is 1. The van der Waals surface area contributed by atoms with Gasteiger partial charge in [-0.1, -0.05) is 20.3 Å². The van der Waals surface area contributed by atoms with Crippen LogP contribution < -0.4 is 10.9 Å². The third-order valence-electron chi connectivity index (χ3n) is 7.29. The highest BCUT2D eigenvalue weighted by Crippen LogP contribution is 2.28. The number of aromatic nitrogens is 1. The highest BCUT2D eigenvalue weighted by Gasteiger charge is 2.31. The third-order valence-corrected chi connectivity index (χ3v) is 9.30. The Morgan fingerprint density at radius 3 is 2.57 bits per heavy atom. The van der Waals surface area contributed by atoms with Gasteiger partial charge >= 0.3 is 0 Å². The number of benzene rings is 1. The average Bonchev–Trinajstić information content (AvgIpc) is 2.80. The Morgan fingerprint density at radius 2 is 1.86 bits per heavy atom. The molecule has 1 aromatic heterocycles. The smallest absolute Gasteiger partial charge is 0.252 e. The zero-order valence-corrected chi connectivity index (χ0v) is 21.9. The van der Waals surface area contributed by atoms with Gasteiger partial charge in [0.15, 0.2) is 0 Å². The van der Waals surface area contributed by atoms with Gasteiger partial charge in [-0.25, -0.2) is 8.42 Å². The summed E-state index contributed by atoms with van der Waals surface area (Å²) in [4.78, 5) is 30.6. The number of hydrogen-bond donors (Lipinski definition) is 2. The van der Waals surface area contributed by atoms with Gasteiger partial charge in [-0.15, -0.1) is 0 Å². The standard InChI is InChI=1S/C26H38N4O4S/c1-18-13-19(2)17-29(16-18)11-6-10-27-26(32)23-15-25(31)28-24-9-8-21(14-22(23)24)35(33,34)30-12-5-4-7-20(30)3/h8-9,14-15,18-20H,4-7,10-13,16-17H2,1-3H3,(H,27,32)(H,28,31)/t18-,19+,20-/m0/s1. The molecule has 0 bridgehead atoms. The van der Waals surface area contributed by atoms with Crippen LogP contribution in [0.15, 0.2) is 34.0 Å². The van der Waals surface area contributed by atoms with E-state index in [9.17, 15) is 18.0 Å². The Morgan fingerprint density at radius 1 is 1.11 bits per heavy atom. The highest BCUT2D eigenvalue weighted by atomic mass is 32.2. The van der Waals surface area contributed by atoms with Crippen molar-refractivity contribution >= 4 is 26.8 Å². The molecule has 2 fully saturated rings. The van der Waals surface area contributed by atoms with Crippen LogP contribution in [0.4, 0.5) is 0 Å². The van der Waals surface area contributed by atoms with Gasteiger partial charge in [-0.3, -0.25) is 9.59 Å². The van der Waals surface area contributed by atoms with Crippen molar-refractivity contribution in [3.63, 3.8) is 0 Å². The predicted molar refractivity (Wildman–Crippen MR) is 138 cm³/mol. The topological polar surface area (TPSA) is 103 Å². The molecule has 192 valence electrons. The number of rotatable bonds is 7. The third kappa shape index (κ3) is 5.95. The van der Waals surface area contributed by atoms with E-state index in [1.165, 1.54) is 24.6 Å². The fourth-order valence-electron chi connectivity index (χ4n) is 5.72. The average molecular weight is 503 g/mol. The lowest BCUT2D eigenvalue weighted by Crippen LogP contribution is -2.41. The normalized spacial score (nSPS) is 24.5. The molecule has 35 heavy (non-hydrogen) atoms. The number of fused-ring (bicyclic) bond motifs is 1. The van der Waals surface area contributed by atoms with E-state index in [1.807, 2.05) is 6.92 Å². The Labute approximate surface area is 208 Å². The van der Waals surface area contributed by atoms with E-state index in [2.05, 4.69) is 29.0 Å². The predicted octanol–water partition coefficient (Wildman–Crippen LogP) is 3.19. The SMILES string of the molecule is C[C@@H]1C[C@H](C)CN(CCCNC(=O)c2cc(=O)[nH]c3ccc(S(=O)(=O)N4CCCC[C@@H]4C)cc23)C1. The first-order chi connectivity index (χ1) is 16.6. The summed E-state index contributed by atoms with van der Waals surface area (Å²) in [5.74, 6) is 1.02. The molecule has 3 heterocycles. The van der Waals surface area contributed by atoms with Gasteiger partial charge in [0.25, 0.3) is 5.91 Å². The lowest BCUT2D eigenvalue weighted by molar-refractivity contribution is 0.0948. The van der Waals surface area contributed by atoms with Crippen molar-refractivity contribution in [1.29, 1.82) is 0 Å². The maximum atomic E-state index is 13.3. The summed E-state index contributed by atoms with van der Waals surface area (Å²) in [7, 11) is -3.69. The van der Waals surface area contributed by atoms with Crippen LogP contribution in [-0.2, 0) is 10.0 Å². The highest BCUT2D eigenvalue weighted by molar-refractivity contribution is 7.89. The number of hydrogen-bond acceptors (Lipinski definition) is 5. The number of carbonyl (C=O) groups excluding carboxylic acids is 1. The second-order valence-corrected chi connectivity index (χ2v) is 12.4. The Kier molecular flexibility index (Phi) is 7.98. The van der Waals surface area contributed by atoms with Crippen molar-refractivity contribution in [2.75, 3.05) is 32.7 Å². The summed E-state index contributed by atoms with van der Waals surface area (Å²) in [5.41, 5.74) is 0.261. The molecule has 3 atom stereocenters. The minimum absolute atomic E-state index is 0.0614. The van der Waals surface area contributed by atoms with Gasteiger partial charge in [-0.05, 0) is 69.2 Å². The van der Waals surface area contributed by atoms with Crippen LogP contribution in [0.2, 0.25) is 0 Å². The summed E-state index contributed by atoms with van der Waals surface area (Å²) in [6, 6.07) is 5.80. The number of aromatic amines is 1. The van der Waals surface area contributed by atoms with Crippen LogP contribution in [0.3, 0.4) is 0 Å². The summed E-state index contributed by atoms with van der Waals surface area (Å²) >= 11 is 0. The van der Waals surface area contributed by atoms with Crippen molar-refractivity contribution in [3.8, 4) is 0 Å². The van der Waals surface area contributed by atoms with E-state index in [0.717, 1.165) is 45.3 Å². The van der Waals surface area contributed by atoms with Gasteiger partial charge in [0.1, 0.15) is 0 Å². The van der Waals surface area contributed by atoms with Gasteiger partial charge in [-0.2, -0.15) is 4.31 Å². The van der Waals surface area contributed by atoms with Crippen molar-refractivity contribution in [2.24, 2.45) is 11.8 Å².